The molecule has 1 aromatic rings. The van der Waals surface area contributed by atoms with E-state index in [0.29, 0.717) is 5.04 Å². The second-order valence-corrected chi connectivity index (χ2v) is 5.79. The van der Waals surface area contributed by atoms with Gasteiger partial charge in [0.15, 0.2) is 0 Å². The first-order valence-corrected chi connectivity index (χ1v) is 7.82. The van der Waals surface area contributed by atoms with E-state index in [9.17, 15) is 0 Å². The summed E-state index contributed by atoms with van der Waals surface area (Å²) < 4.78 is 1.02. The zero-order chi connectivity index (χ0) is 13.4. The lowest BCUT2D eigenvalue weighted by molar-refractivity contribution is 0.320. The van der Waals surface area contributed by atoms with Crippen molar-refractivity contribution in [3.8, 4) is 0 Å². The standard InChI is InChI=1S/C13H19BrN2OS.ClH/c1-3-16(4-2)9-10-18-13(15-17)11-5-7-12(14)8-6-11;/h5-8,17H,3-4,9-10H2,1-2H3;1H/b15-13-;. The molecule has 19 heavy (non-hydrogen) atoms. The van der Waals surface area contributed by atoms with Gasteiger partial charge in [0.2, 0.25) is 0 Å². The number of benzene rings is 1. The summed E-state index contributed by atoms with van der Waals surface area (Å²) in [5.41, 5.74) is 0.949. The summed E-state index contributed by atoms with van der Waals surface area (Å²) >= 11 is 4.97. The molecule has 0 aliphatic carbocycles. The van der Waals surface area contributed by atoms with Crippen LogP contribution in [0.5, 0.6) is 0 Å². The van der Waals surface area contributed by atoms with Crippen LogP contribution in [0.25, 0.3) is 0 Å². The molecule has 1 rings (SSSR count). The quantitative estimate of drug-likeness (QED) is 0.356. The van der Waals surface area contributed by atoms with Crippen molar-refractivity contribution in [3.63, 3.8) is 0 Å². The Labute approximate surface area is 134 Å². The zero-order valence-corrected chi connectivity index (χ0v) is 14.4. The maximum atomic E-state index is 9.07. The van der Waals surface area contributed by atoms with E-state index in [4.69, 9.17) is 5.21 Å². The first-order valence-electron chi connectivity index (χ1n) is 6.04. The Morgan fingerprint density at radius 1 is 1.26 bits per heavy atom. The topological polar surface area (TPSA) is 35.8 Å². The zero-order valence-electron chi connectivity index (χ0n) is 11.2. The number of rotatable bonds is 6. The molecule has 0 amide bonds. The molecule has 0 radical (unpaired) electrons. The van der Waals surface area contributed by atoms with Crippen LogP contribution in [0.4, 0.5) is 0 Å². The first kappa shape index (κ1) is 18.8. The fraction of sp³-hybridized carbons (Fsp3) is 0.462. The number of nitrogens with zero attached hydrogens (tertiary/aromatic N) is 2. The van der Waals surface area contributed by atoms with Gasteiger partial charge >= 0.3 is 0 Å². The maximum absolute atomic E-state index is 9.07. The molecular weight excluding hydrogens is 348 g/mol. The second-order valence-electron chi connectivity index (χ2n) is 3.79. The molecule has 0 heterocycles. The van der Waals surface area contributed by atoms with Gasteiger partial charge in [0, 0.05) is 22.3 Å². The van der Waals surface area contributed by atoms with Crippen LogP contribution < -0.4 is 0 Å². The van der Waals surface area contributed by atoms with Gasteiger partial charge in [0.25, 0.3) is 0 Å². The Morgan fingerprint density at radius 3 is 2.32 bits per heavy atom. The van der Waals surface area contributed by atoms with E-state index in [2.05, 4.69) is 39.8 Å². The largest absolute Gasteiger partial charge is 0.410 e. The molecule has 0 bridgehead atoms. The molecule has 1 aromatic carbocycles. The monoisotopic (exact) mass is 366 g/mol. The molecule has 3 nitrogen and oxygen atoms in total. The van der Waals surface area contributed by atoms with E-state index in [1.807, 2.05) is 24.3 Å². The third-order valence-electron chi connectivity index (χ3n) is 2.72. The van der Waals surface area contributed by atoms with Crippen LogP contribution in [0.2, 0.25) is 0 Å². The van der Waals surface area contributed by atoms with Crippen molar-refractivity contribution >= 4 is 45.1 Å². The molecule has 0 atom stereocenters. The number of oxime groups is 1. The van der Waals surface area contributed by atoms with Gasteiger partial charge in [-0.05, 0) is 25.2 Å². The van der Waals surface area contributed by atoms with Crippen LogP contribution in [-0.2, 0) is 0 Å². The highest BCUT2D eigenvalue weighted by Crippen LogP contribution is 2.17. The van der Waals surface area contributed by atoms with Gasteiger partial charge in [-0.15, -0.1) is 24.2 Å². The summed E-state index contributed by atoms with van der Waals surface area (Å²) in [7, 11) is 0. The highest BCUT2D eigenvalue weighted by atomic mass is 79.9. The van der Waals surface area contributed by atoms with Crippen molar-refractivity contribution in [2.45, 2.75) is 13.8 Å². The van der Waals surface area contributed by atoms with Crippen molar-refractivity contribution < 1.29 is 5.21 Å². The summed E-state index contributed by atoms with van der Waals surface area (Å²) in [4.78, 5) is 2.35. The molecule has 0 saturated carbocycles. The van der Waals surface area contributed by atoms with Crippen LogP contribution in [0.3, 0.4) is 0 Å². The Bertz CT molecular complexity index is 383. The van der Waals surface area contributed by atoms with Crippen LogP contribution in [0, 0.1) is 0 Å². The Balaban J connectivity index is 0.00000324. The maximum Gasteiger partial charge on any atom is 0.143 e. The summed E-state index contributed by atoms with van der Waals surface area (Å²) in [5.74, 6) is 0.928. The summed E-state index contributed by atoms with van der Waals surface area (Å²) in [6.45, 7) is 7.43. The molecular formula is C13H20BrClN2OS. The van der Waals surface area contributed by atoms with Gasteiger partial charge in [-0.3, -0.25) is 0 Å². The highest BCUT2D eigenvalue weighted by molar-refractivity contribution is 9.10. The van der Waals surface area contributed by atoms with E-state index < -0.39 is 0 Å². The van der Waals surface area contributed by atoms with Gasteiger partial charge in [-0.2, -0.15) is 0 Å². The Kier molecular flexibility index (Phi) is 10.4. The van der Waals surface area contributed by atoms with Crippen LogP contribution in [0.15, 0.2) is 33.9 Å². The number of thioether (sulfide) groups is 1. The number of hydrogen-bond acceptors (Lipinski definition) is 4. The summed E-state index contributed by atoms with van der Waals surface area (Å²) in [6.07, 6.45) is 0. The molecule has 0 spiro atoms. The third kappa shape index (κ3) is 6.65. The van der Waals surface area contributed by atoms with E-state index in [-0.39, 0.29) is 12.4 Å². The lowest BCUT2D eigenvalue weighted by Gasteiger charge is -2.17. The highest BCUT2D eigenvalue weighted by Gasteiger charge is 2.06. The average Bonchev–Trinajstić information content (AvgIpc) is 2.41. The molecule has 0 fully saturated rings. The number of halogens is 2. The summed E-state index contributed by atoms with van der Waals surface area (Å²) in [6, 6.07) is 7.80. The van der Waals surface area contributed by atoms with E-state index >= 15 is 0 Å². The van der Waals surface area contributed by atoms with Gasteiger partial charge in [-0.25, -0.2) is 0 Å². The molecule has 1 N–H and O–H groups in total. The second kappa shape index (κ2) is 10.5. The van der Waals surface area contributed by atoms with Crippen molar-refractivity contribution in [3.05, 3.63) is 34.3 Å². The molecule has 0 saturated heterocycles. The van der Waals surface area contributed by atoms with Crippen molar-refractivity contribution in [2.75, 3.05) is 25.4 Å². The van der Waals surface area contributed by atoms with Crippen LogP contribution in [-0.4, -0.2) is 40.5 Å². The molecule has 0 aliphatic rings. The van der Waals surface area contributed by atoms with E-state index in [1.54, 1.807) is 11.8 Å². The van der Waals surface area contributed by atoms with Crippen LogP contribution >= 0.6 is 40.1 Å². The minimum atomic E-state index is 0. The fourth-order valence-corrected chi connectivity index (χ4v) is 2.74. The third-order valence-corrected chi connectivity index (χ3v) is 4.23. The lowest BCUT2D eigenvalue weighted by Crippen LogP contribution is -2.25. The predicted molar refractivity (Wildman–Crippen MR) is 90.0 cm³/mol. The molecule has 0 aromatic heterocycles. The van der Waals surface area contributed by atoms with Gasteiger partial charge < -0.3 is 10.1 Å². The van der Waals surface area contributed by atoms with Crippen LogP contribution in [0.1, 0.15) is 19.4 Å². The van der Waals surface area contributed by atoms with Gasteiger partial charge in [-0.1, -0.05) is 47.1 Å². The van der Waals surface area contributed by atoms with Crippen molar-refractivity contribution in [1.82, 2.24) is 4.90 Å². The molecule has 0 aliphatic heterocycles. The molecule has 6 heteroatoms. The lowest BCUT2D eigenvalue weighted by atomic mass is 10.2. The smallest absolute Gasteiger partial charge is 0.143 e. The van der Waals surface area contributed by atoms with Gasteiger partial charge in [0.05, 0.1) is 0 Å². The fourth-order valence-electron chi connectivity index (χ4n) is 1.57. The predicted octanol–water partition coefficient (Wildman–Crippen LogP) is 4.08. The van der Waals surface area contributed by atoms with Gasteiger partial charge in [0.1, 0.15) is 5.04 Å². The first-order chi connectivity index (χ1) is 8.71. The molecule has 0 unspecified atom stereocenters. The minimum Gasteiger partial charge on any atom is -0.410 e. The van der Waals surface area contributed by atoms with Crippen molar-refractivity contribution in [2.24, 2.45) is 5.16 Å². The average molecular weight is 368 g/mol. The Hall–Kier alpha value is -0.230. The normalized spacial score (nSPS) is 11.5. The Morgan fingerprint density at radius 2 is 1.84 bits per heavy atom. The minimum absolute atomic E-state index is 0. The van der Waals surface area contributed by atoms with Crippen molar-refractivity contribution in [1.29, 1.82) is 0 Å². The molecule has 108 valence electrons. The van der Waals surface area contributed by atoms with E-state index in [0.717, 1.165) is 35.4 Å². The van der Waals surface area contributed by atoms with E-state index in [1.165, 1.54) is 0 Å². The number of hydrogen-bond donors (Lipinski definition) is 1. The summed E-state index contributed by atoms with van der Waals surface area (Å²) in [5, 5.41) is 13.1. The SMILES string of the molecule is CCN(CC)CCS/C(=N\O)c1ccc(Br)cc1.Cl.